The molecule has 0 bridgehead atoms. The second kappa shape index (κ2) is 4.80. The fourth-order valence-corrected chi connectivity index (χ4v) is 2.10. The summed E-state index contributed by atoms with van der Waals surface area (Å²) in [5.41, 5.74) is -1.98. The van der Waals surface area contributed by atoms with Gasteiger partial charge in [0.05, 0.1) is 0 Å². The van der Waals surface area contributed by atoms with Gasteiger partial charge in [0, 0.05) is 18.7 Å². The molecule has 0 saturated heterocycles. The van der Waals surface area contributed by atoms with Crippen molar-refractivity contribution >= 4 is 15.9 Å². The zero-order valence-electron chi connectivity index (χ0n) is 9.89. The van der Waals surface area contributed by atoms with E-state index in [1.165, 1.54) is 12.3 Å². The summed E-state index contributed by atoms with van der Waals surface area (Å²) in [5, 5.41) is 0. The van der Waals surface area contributed by atoms with Gasteiger partial charge in [0.25, 0.3) is 5.92 Å². The third kappa shape index (κ3) is 2.82. The number of aromatic amines is 1. The minimum absolute atomic E-state index is 0.323. The Bertz CT molecular complexity index is 630. The van der Waals surface area contributed by atoms with E-state index >= 15 is 0 Å². The van der Waals surface area contributed by atoms with Gasteiger partial charge in [-0.2, -0.15) is 13.2 Å². The van der Waals surface area contributed by atoms with E-state index in [0.29, 0.717) is 6.92 Å². The summed E-state index contributed by atoms with van der Waals surface area (Å²) < 4.78 is 64.3. The van der Waals surface area contributed by atoms with E-state index < -0.39 is 28.0 Å². The van der Waals surface area contributed by atoms with Gasteiger partial charge in [-0.25, -0.2) is 13.8 Å². The summed E-state index contributed by atoms with van der Waals surface area (Å²) >= 11 is 2.65. The molecule has 2 aromatic rings. The van der Waals surface area contributed by atoms with Crippen LogP contribution in [0.3, 0.4) is 0 Å². The molecule has 2 rings (SSSR count). The summed E-state index contributed by atoms with van der Waals surface area (Å²) in [6.07, 6.45) is -3.47. The Morgan fingerprint density at radius 2 is 1.85 bits per heavy atom. The number of halogens is 6. The third-order valence-corrected chi connectivity index (χ3v) is 3.02. The molecule has 0 fully saturated rings. The summed E-state index contributed by atoms with van der Waals surface area (Å²) in [4.78, 5) is 9.23. The van der Waals surface area contributed by atoms with E-state index in [-0.39, 0.29) is 11.5 Å². The topological polar surface area (TPSA) is 41.6 Å². The molecular weight excluding hydrogens is 349 g/mol. The number of hydrogen-bond donors (Lipinski definition) is 1. The minimum Gasteiger partial charge on any atom is -0.332 e. The maximum atomic E-state index is 13.4. The highest BCUT2D eigenvalue weighted by atomic mass is 79.9. The zero-order valence-corrected chi connectivity index (χ0v) is 11.5. The fourth-order valence-electron chi connectivity index (χ4n) is 1.60. The van der Waals surface area contributed by atoms with Gasteiger partial charge in [0.15, 0.2) is 11.5 Å². The molecule has 3 nitrogen and oxygen atoms in total. The molecule has 0 amide bonds. The fraction of sp³-hybridized carbons (Fsp3) is 0.273. The quantitative estimate of drug-likeness (QED) is 0.813. The summed E-state index contributed by atoms with van der Waals surface area (Å²) in [7, 11) is 0. The van der Waals surface area contributed by atoms with Crippen molar-refractivity contribution in [3.05, 3.63) is 34.2 Å². The van der Waals surface area contributed by atoms with E-state index in [4.69, 9.17) is 0 Å². The maximum Gasteiger partial charge on any atom is 0.433 e. The molecule has 9 heteroatoms. The first-order chi connectivity index (χ1) is 9.10. The van der Waals surface area contributed by atoms with Crippen molar-refractivity contribution in [1.82, 2.24) is 15.0 Å². The van der Waals surface area contributed by atoms with Crippen LogP contribution in [0.1, 0.15) is 18.2 Å². The Morgan fingerprint density at radius 3 is 2.35 bits per heavy atom. The molecule has 0 unspecified atom stereocenters. The number of aromatic nitrogens is 3. The van der Waals surface area contributed by atoms with Crippen LogP contribution < -0.4 is 0 Å². The molecule has 20 heavy (non-hydrogen) atoms. The predicted molar refractivity (Wildman–Crippen MR) is 64.1 cm³/mol. The first kappa shape index (κ1) is 14.9. The Morgan fingerprint density at radius 1 is 1.20 bits per heavy atom. The second-order valence-corrected chi connectivity index (χ2v) is 4.79. The Labute approximate surface area is 118 Å². The minimum atomic E-state index is -4.67. The molecule has 0 spiro atoms. The molecule has 0 saturated carbocycles. The van der Waals surface area contributed by atoms with E-state index in [2.05, 4.69) is 25.9 Å². The molecule has 0 radical (unpaired) electrons. The van der Waals surface area contributed by atoms with Gasteiger partial charge in [-0.15, -0.1) is 0 Å². The molecule has 0 aliphatic carbocycles. The van der Waals surface area contributed by atoms with Crippen LogP contribution in [0.5, 0.6) is 0 Å². The Hall–Kier alpha value is -1.51. The van der Waals surface area contributed by atoms with Crippen LogP contribution in [0.15, 0.2) is 22.9 Å². The van der Waals surface area contributed by atoms with Crippen LogP contribution in [0.4, 0.5) is 22.0 Å². The Kier molecular flexibility index (Phi) is 3.57. The van der Waals surface area contributed by atoms with Gasteiger partial charge in [0.1, 0.15) is 10.3 Å². The van der Waals surface area contributed by atoms with E-state index in [1.807, 2.05) is 4.98 Å². The number of alkyl halides is 5. The lowest BCUT2D eigenvalue weighted by atomic mass is 10.1. The van der Waals surface area contributed by atoms with Crippen molar-refractivity contribution < 1.29 is 22.0 Å². The predicted octanol–water partition coefficient (Wildman–Crippen LogP) is 4.36. The smallest absolute Gasteiger partial charge is 0.332 e. The number of nitrogens with one attached hydrogen (secondary N) is 1. The van der Waals surface area contributed by atoms with Gasteiger partial charge >= 0.3 is 6.18 Å². The van der Waals surface area contributed by atoms with Gasteiger partial charge in [0.2, 0.25) is 0 Å². The van der Waals surface area contributed by atoms with E-state index in [9.17, 15) is 22.0 Å². The molecular formula is C11H7BrF5N3. The normalized spacial score (nSPS) is 12.8. The van der Waals surface area contributed by atoms with Crippen molar-refractivity contribution in [3.8, 4) is 11.5 Å². The third-order valence-electron chi connectivity index (χ3n) is 2.45. The van der Waals surface area contributed by atoms with Crippen LogP contribution in [0.2, 0.25) is 0 Å². The van der Waals surface area contributed by atoms with Crippen LogP contribution >= 0.6 is 15.9 Å². The van der Waals surface area contributed by atoms with Crippen molar-refractivity contribution in [1.29, 1.82) is 0 Å². The highest BCUT2D eigenvalue weighted by Crippen LogP contribution is 2.37. The highest BCUT2D eigenvalue weighted by Gasteiger charge is 2.37. The first-order valence-corrected chi connectivity index (χ1v) is 6.06. The number of imidazole rings is 1. The van der Waals surface area contributed by atoms with Crippen molar-refractivity contribution in [2.45, 2.75) is 19.0 Å². The Balaban J connectivity index is 2.59. The lowest BCUT2D eigenvalue weighted by Gasteiger charge is -2.13. The average Bonchev–Trinajstić information content (AvgIpc) is 2.70. The van der Waals surface area contributed by atoms with Crippen LogP contribution in [-0.4, -0.2) is 15.0 Å². The maximum absolute atomic E-state index is 13.4. The van der Waals surface area contributed by atoms with Crippen LogP contribution in [0, 0.1) is 0 Å². The summed E-state index contributed by atoms with van der Waals surface area (Å²) in [6.45, 7) is 0.635. The van der Waals surface area contributed by atoms with Crippen LogP contribution in [0.25, 0.3) is 11.5 Å². The van der Waals surface area contributed by atoms with Crippen molar-refractivity contribution in [3.63, 3.8) is 0 Å². The van der Waals surface area contributed by atoms with Gasteiger partial charge in [-0.05, 0) is 28.1 Å². The molecule has 0 aliphatic heterocycles. The average molecular weight is 356 g/mol. The molecule has 0 atom stereocenters. The number of rotatable bonds is 2. The number of H-pyrrole nitrogens is 1. The molecule has 0 aliphatic rings. The monoisotopic (exact) mass is 355 g/mol. The SMILES string of the molecule is CC(F)(F)c1cccnc1-c1nc(Br)c(C(F)(F)F)[nH]1. The highest BCUT2D eigenvalue weighted by molar-refractivity contribution is 9.10. The first-order valence-electron chi connectivity index (χ1n) is 5.27. The largest absolute Gasteiger partial charge is 0.433 e. The molecule has 108 valence electrons. The molecule has 2 aromatic heterocycles. The number of pyridine rings is 1. The molecule has 1 N–H and O–H groups in total. The standard InChI is InChI=1S/C11H7BrF5N3/c1-10(13,14)5-3-2-4-18-6(5)9-19-7(8(12)20-9)11(15,16)17/h2-4H,1H3,(H,19,20). The summed E-state index contributed by atoms with van der Waals surface area (Å²) in [5.74, 6) is -3.62. The van der Waals surface area contributed by atoms with Gasteiger partial charge < -0.3 is 4.98 Å². The molecule has 0 aromatic carbocycles. The van der Waals surface area contributed by atoms with Gasteiger partial charge in [-0.3, -0.25) is 4.98 Å². The van der Waals surface area contributed by atoms with E-state index in [0.717, 1.165) is 6.07 Å². The number of nitrogens with zero attached hydrogens (tertiary/aromatic N) is 2. The van der Waals surface area contributed by atoms with Gasteiger partial charge in [-0.1, -0.05) is 0 Å². The lowest BCUT2D eigenvalue weighted by Crippen LogP contribution is -2.10. The van der Waals surface area contributed by atoms with Crippen molar-refractivity contribution in [2.75, 3.05) is 0 Å². The van der Waals surface area contributed by atoms with Crippen LogP contribution in [-0.2, 0) is 12.1 Å². The lowest BCUT2D eigenvalue weighted by molar-refractivity contribution is -0.141. The summed E-state index contributed by atoms with van der Waals surface area (Å²) in [6, 6.07) is 2.37. The zero-order chi connectivity index (χ0) is 15.1. The number of hydrogen-bond acceptors (Lipinski definition) is 2. The van der Waals surface area contributed by atoms with E-state index in [1.54, 1.807) is 0 Å². The second-order valence-electron chi connectivity index (χ2n) is 4.04. The van der Waals surface area contributed by atoms with Crippen molar-refractivity contribution in [2.24, 2.45) is 0 Å². The molecule has 2 heterocycles.